The van der Waals surface area contributed by atoms with Crippen LogP contribution in [0.5, 0.6) is 0 Å². The second-order valence-electron chi connectivity index (χ2n) is 4.72. The molecular formula is C11H22NO3+. The van der Waals surface area contributed by atoms with Crippen molar-refractivity contribution in [1.82, 2.24) is 0 Å². The predicted octanol–water partition coefficient (Wildman–Crippen LogP) is 1.30. The number of carbonyl (C=O) groups is 2. The lowest BCUT2D eigenvalue weighted by Crippen LogP contribution is -2.44. The molecule has 0 spiro atoms. The second kappa shape index (κ2) is 6.56. The summed E-state index contributed by atoms with van der Waals surface area (Å²) in [5.74, 6) is -0.530. The smallest absolute Gasteiger partial charge is 0.359 e. The number of rotatable bonds is 8. The third-order valence-corrected chi connectivity index (χ3v) is 2.36. The minimum absolute atomic E-state index is 0.159. The number of ketones is 1. The minimum atomic E-state index is -0.760. The van der Waals surface area contributed by atoms with Gasteiger partial charge in [-0.1, -0.05) is 0 Å². The summed E-state index contributed by atoms with van der Waals surface area (Å²) in [6.45, 7) is 2.61. The molecule has 0 aromatic rings. The molecule has 0 bridgehead atoms. The lowest BCUT2D eigenvalue weighted by Gasteiger charge is -2.27. The van der Waals surface area contributed by atoms with Gasteiger partial charge in [-0.3, -0.25) is 0 Å². The zero-order chi connectivity index (χ0) is 11.9. The van der Waals surface area contributed by atoms with Crippen LogP contribution in [-0.4, -0.2) is 48.5 Å². The summed E-state index contributed by atoms with van der Waals surface area (Å²) in [6.07, 6.45) is 3.54. The SMILES string of the molecule is CC(=O)CCCCC[N+](C)(C)CC(=O)O. The fraction of sp³-hybridized carbons (Fsp3) is 0.818. The van der Waals surface area contributed by atoms with Gasteiger partial charge in [-0.2, -0.15) is 0 Å². The van der Waals surface area contributed by atoms with Crippen LogP contribution in [0.25, 0.3) is 0 Å². The molecule has 15 heavy (non-hydrogen) atoms. The molecule has 0 aliphatic carbocycles. The Kier molecular flexibility index (Phi) is 6.17. The van der Waals surface area contributed by atoms with Gasteiger partial charge < -0.3 is 14.4 Å². The van der Waals surface area contributed by atoms with E-state index < -0.39 is 5.97 Å². The van der Waals surface area contributed by atoms with E-state index in [0.29, 0.717) is 10.9 Å². The number of unbranched alkanes of at least 4 members (excludes halogenated alkanes) is 2. The van der Waals surface area contributed by atoms with Crippen LogP contribution >= 0.6 is 0 Å². The lowest BCUT2D eigenvalue weighted by molar-refractivity contribution is -0.883. The maximum atomic E-state index is 10.7. The predicted molar refractivity (Wildman–Crippen MR) is 58.6 cm³/mol. The maximum Gasteiger partial charge on any atom is 0.359 e. The van der Waals surface area contributed by atoms with Crippen molar-refractivity contribution >= 4 is 11.8 Å². The number of quaternary nitrogens is 1. The fourth-order valence-corrected chi connectivity index (χ4v) is 1.54. The summed E-state index contributed by atoms with van der Waals surface area (Å²) >= 11 is 0. The van der Waals surface area contributed by atoms with Crippen LogP contribution in [0.15, 0.2) is 0 Å². The molecule has 0 aliphatic heterocycles. The van der Waals surface area contributed by atoms with Gasteiger partial charge in [0, 0.05) is 6.42 Å². The first-order chi connectivity index (χ1) is 6.83. The first-order valence-electron chi connectivity index (χ1n) is 5.37. The first kappa shape index (κ1) is 14.1. The highest BCUT2D eigenvalue weighted by molar-refractivity contribution is 5.75. The van der Waals surface area contributed by atoms with Gasteiger partial charge >= 0.3 is 5.97 Å². The van der Waals surface area contributed by atoms with Crippen LogP contribution < -0.4 is 0 Å². The van der Waals surface area contributed by atoms with E-state index in [0.717, 1.165) is 25.8 Å². The molecule has 0 aromatic heterocycles. The minimum Gasteiger partial charge on any atom is -0.477 e. The molecule has 0 heterocycles. The highest BCUT2D eigenvalue weighted by Crippen LogP contribution is 2.05. The Balaban J connectivity index is 3.57. The molecule has 0 radical (unpaired) electrons. The Morgan fingerprint density at radius 2 is 1.73 bits per heavy atom. The molecule has 4 nitrogen and oxygen atoms in total. The zero-order valence-corrected chi connectivity index (χ0v) is 9.95. The molecule has 0 saturated heterocycles. The van der Waals surface area contributed by atoms with E-state index in [4.69, 9.17) is 5.11 Å². The molecule has 1 N–H and O–H groups in total. The van der Waals surface area contributed by atoms with E-state index in [9.17, 15) is 9.59 Å². The van der Waals surface area contributed by atoms with Crippen LogP contribution in [0.1, 0.15) is 32.6 Å². The molecule has 0 aliphatic rings. The van der Waals surface area contributed by atoms with Crippen LogP contribution in [0.3, 0.4) is 0 Å². The number of likely N-dealkylation sites (N-methyl/N-ethyl adjacent to an activating group) is 1. The lowest BCUT2D eigenvalue weighted by atomic mass is 10.1. The molecule has 0 saturated carbocycles. The van der Waals surface area contributed by atoms with Crippen molar-refractivity contribution in [3.8, 4) is 0 Å². The van der Waals surface area contributed by atoms with Crippen molar-refractivity contribution in [2.24, 2.45) is 0 Å². The zero-order valence-electron chi connectivity index (χ0n) is 9.95. The van der Waals surface area contributed by atoms with E-state index in [2.05, 4.69) is 0 Å². The summed E-state index contributed by atoms with van der Waals surface area (Å²) in [7, 11) is 3.83. The van der Waals surface area contributed by atoms with Gasteiger partial charge in [-0.25, -0.2) is 4.79 Å². The quantitative estimate of drug-likeness (QED) is 0.491. The van der Waals surface area contributed by atoms with Crippen molar-refractivity contribution in [3.63, 3.8) is 0 Å². The molecule has 88 valence electrons. The number of carbonyl (C=O) groups excluding carboxylic acids is 1. The van der Waals surface area contributed by atoms with Crippen molar-refractivity contribution in [2.75, 3.05) is 27.2 Å². The molecule has 0 rings (SSSR count). The van der Waals surface area contributed by atoms with Gasteiger partial charge in [-0.15, -0.1) is 0 Å². The normalized spacial score (nSPS) is 11.4. The van der Waals surface area contributed by atoms with Crippen LogP contribution in [0.4, 0.5) is 0 Å². The van der Waals surface area contributed by atoms with E-state index in [-0.39, 0.29) is 12.3 Å². The van der Waals surface area contributed by atoms with Crippen molar-refractivity contribution in [2.45, 2.75) is 32.6 Å². The average Bonchev–Trinajstić information content (AvgIpc) is 1.99. The van der Waals surface area contributed by atoms with E-state index in [1.807, 2.05) is 14.1 Å². The van der Waals surface area contributed by atoms with Crippen LogP contribution in [0, 0.1) is 0 Å². The monoisotopic (exact) mass is 216 g/mol. The average molecular weight is 216 g/mol. The molecule has 4 heteroatoms. The second-order valence-corrected chi connectivity index (χ2v) is 4.72. The van der Waals surface area contributed by atoms with Gasteiger partial charge in [0.05, 0.1) is 20.6 Å². The van der Waals surface area contributed by atoms with E-state index in [1.165, 1.54) is 0 Å². The van der Waals surface area contributed by atoms with Crippen molar-refractivity contribution in [3.05, 3.63) is 0 Å². The summed E-state index contributed by atoms with van der Waals surface area (Å²) in [6, 6.07) is 0. The third kappa shape index (κ3) is 9.41. The number of carboxylic acids is 1. The molecular weight excluding hydrogens is 194 g/mol. The largest absolute Gasteiger partial charge is 0.477 e. The number of hydrogen-bond donors (Lipinski definition) is 1. The highest BCUT2D eigenvalue weighted by Gasteiger charge is 2.18. The molecule has 0 unspecified atom stereocenters. The van der Waals surface area contributed by atoms with Gasteiger partial charge in [-0.05, 0) is 26.2 Å². The van der Waals surface area contributed by atoms with Crippen molar-refractivity contribution in [1.29, 1.82) is 0 Å². The van der Waals surface area contributed by atoms with Gasteiger partial charge in [0.1, 0.15) is 5.78 Å². The van der Waals surface area contributed by atoms with Gasteiger partial charge in [0.15, 0.2) is 6.54 Å². The molecule has 0 amide bonds. The number of hydrogen-bond acceptors (Lipinski definition) is 2. The topological polar surface area (TPSA) is 54.4 Å². The number of carboxylic acid groups (broad SMARTS) is 1. The standard InChI is InChI=1S/C11H21NO3/c1-10(13)7-5-4-6-8-12(2,3)9-11(14)15/h4-9H2,1-3H3/p+1. The van der Waals surface area contributed by atoms with E-state index in [1.54, 1.807) is 6.92 Å². The molecule has 0 atom stereocenters. The number of nitrogens with zero attached hydrogens (tertiary/aromatic N) is 1. The van der Waals surface area contributed by atoms with Crippen molar-refractivity contribution < 1.29 is 19.2 Å². The van der Waals surface area contributed by atoms with E-state index >= 15 is 0 Å². The highest BCUT2D eigenvalue weighted by atomic mass is 16.4. The third-order valence-electron chi connectivity index (χ3n) is 2.36. The first-order valence-corrected chi connectivity index (χ1v) is 5.37. The summed E-state index contributed by atoms with van der Waals surface area (Å²) in [4.78, 5) is 21.2. The Morgan fingerprint density at radius 3 is 2.20 bits per heavy atom. The van der Waals surface area contributed by atoms with Gasteiger partial charge in [0.2, 0.25) is 0 Å². The maximum absolute atomic E-state index is 10.7. The Labute approximate surface area is 91.5 Å². The number of Topliss-reactive ketones (excluding diaryl/α,β-unsaturated/α-hetero) is 1. The van der Waals surface area contributed by atoms with Crippen LogP contribution in [-0.2, 0) is 9.59 Å². The number of aliphatic carboxylic acids is 1. The molecule has 0 fully saturated rings. The summed E-state index contributed by atoms with van der Waals surface area (Å²) < 4.78 is 0.509. The molecule has 0 aromatic carbocycles. The van der Waals surface area contributed by atoms with Crippen LogP contribution in [0.2, 0.25) is 0 Å². The Bertz CT molecular complexity index is 224. The summed E-state index contributed by atoms with van der Waals surface area (Å²) in [5.41, 5.74) is 0. The Morgan fingerprint density at radius 1 is 1.13 bits per heavy atom. The van der Waals surface area contributed by atoms with Gasteiger partial charge in [0.25, 0.3) is 0 Å². The summed E-state index contributed by atoms with van der Waals surface area (Å²) in [5, 5.41) is 8.66. The Hall–Kier alpha value is -0.900. The fourth-order valence-electron chi connectivity index (χ4n) is 1.54.